The van der Waals surface area contributed by atoms with Crippen molar-refractivity contribution in [2.24, 2.45) is 5.73 Å². The Labute approximate surface area is 99.0 Å². The normalized spacial score (nSPS) is 17.0. The summed E-state index contributed by atoms with van der Waals surface area (Å²) in [6.45, 7) is 5.82. The van der Waals surface area contributed by atoms with Gasteiger partial charge in [0.15, 0.2) is 0 Å². The van der Waals surface area contributed by atoms with Crippen molar-refractivity contribution >= 4 is 34.4 Å². The topological polar surface area (TPSA) is 69.4 Å². The molecule has 0 aliphatic heterocycles. The van der Waals surface area contributed by atoms with E-state index in [1.54, 1.807) is 13.8 Å². The molecule has 1 amide bonds. The van der Waals surface area contributed by atoms with Crippen LogP contribution in [0.4, 0.5) is 0 Å². The number of amides is 1. The minimum atomic E-state index is -2.81. The van der Waals surface area contributed by atoms with Gasteiger partial charge in [0.2, 0.25) is 5.91 Å². The first-order valence-corrected chi connectivity index (χ1v) is 9.52. The lowest BCUT2D eigenvalue weighted by molar-refractivity contribution is -0.117. The van der Waals surface area contributed by atoms with E-state index in [9.17, 15) is 9.36 Å². The Morgan fingerprint density at radius 1 is 1.53 bits per heavy atom. The summed E-state index contributed by atoms with van der Waals surface area (Å²) in [5.74, 6) is -2.51. The van der Waals surface area contributed by atoms with Crippen LogP contribution in [0, 0.1) is 0 Å². The number of hydrogen-bond donors (Lipinski definition) is 1. The van der Waals surface area contributed by atoms with Gasteiger partial charge in [-0.3, -0.25) is 9.36 Å². The summed E-state index contributed by atoms with van der Waals surface area (Å²) in [5.41, 5.74) is 5.12. The Morgan fingerprint density at radius 2 is 2.13 bits per heavy atom. The summed E-state index contributed by atoms with van der Waals surface area (Å²) < 4.78 is 17.4. The third kappa shape index (κ3) is 6.51. The molecule has 0 aromatic carbocycles. The predicted octanol–water partition coefficient (Wildman–Crippen LogP) is 2.88. The zero-order valence-electron chi connectivity index (χ0n) is 9.26. The summed E-state index contributed by atoms with van der Waals surface area (Å²) >= 11 is 2.32. The molecule has 2 unspecified atom stereocenters. The second-order valence-electron chi connectivity index (χ2n) is 2.85. The molecule has 15 heavy (non-hydrogen) atoms. The molecule has 0 rings (SSSR count). The lowest BCUT2D eigenvalue weighted by Gasteiger charge is -2.18. The van der Waals surface area contributed by atoms with Crippen molar-refractivity contribution in [3.05, 3.63) is 0 Å². The highest BCUT2D eigenvalue weighted by molar-refractivity contribution is 8.89. The average Bonchev–Trinajstić information content (AvgIpc) is 2.15. The van der Waals surface area contributed by atoms with Gasteiger partial charge >= 0.3 is 5.77 Å². The molecule has 0 spiro atoms. The minimum absolute atomic E-state index is 0.381. The van der Waals surface area contributed by atoms with E-state index < -0.39 is 16.9 Å². The van der Waals surface area contributed by atoms with Crippen molar-refractivity contribution in [1.82, 2.24) is 0 Å². The van der Waals surface area contributed by atoms with Gasteiger partial charge in [0.25, 0.3) is 0 Å². The molecule has 0 heterocycles. The molecular weight excluding hydrogens is 253 g/mol. The SMILES string of the molecule is CCCSP(=O)(OCC)SC(C)C(N)=O. The largest absolute Gasteiger partial charge is 0.369 e. The molecule has 2 N–H and O–H groups in total. The summed E-state index contributed by atoms with van der Waals surface area (Å²) in [6.07, 6.45) is 0.924. The highest BCUT2D eigenvalue weighted by Crippen LogP contribution is 2.71. The van der Waals surface area contributed by atoms with E-state index >= 15 is 0 Å². The molecule has 0 aliphatic rings. The van der Waals surface area contributed by atoms with E-state index in [-0.39, 0.29) is 0 Å². The Bertz CT molecular complexity index is 250. The lowest BCUT2D eigenvalue weighted by atomic mass is 10.5. The number of primary amides is 1. The monoisotopic (exact) mass is 271 g/mol. The molecule has 7 heteroatoms. The van der Waals surface area contributed by atoms with Crippen LogP contribution in [0.3, 0.4) is 0 Å². The first-order chi connectivity index (χ1) is 6.95. The van der Waals surface area contributed by atoms with Crippen LogP contribution in [0.15, 0.2) is 0 Å². The summed E-state index contributed by atoms with van der Waals surface area (Å²) in [6, 6.07) is 0. The van der Waals surface area contributed by atoms with E-state index in [2.05, 4.69) is 0 Å². The van der Waals surface area contributed by atoms with Gasteiger partial charge in [-0.1, -0.05) is 18.3 Å². The quantitative estimate of drug-likeness (QED) is 0.687. The highest BCUT2D eigenvalue weighted by atomic mass is 33.1. The van der Waals surface area contributed by atoms with E-state index in [0.717, 1.165) is 23.6 Å². The van der Waals surface area contributed by atoms with Crippen molar-refractivity contribution < 1.29 is 13.9 Å². The van der Waals surface area contributed by atoms with Crippen molar-refractivity contribution in [3.8, 4) is 0 Å². The number of carbonyl (C=O) groups excluding carboxylic acids is 1. The smallest absolute Gasteiger partial charge is 0.313 e. The number of carbonyl (C=O) groups is 1. The molecule has 4 nitrogen and oxygen atoms in total. The Balaban J connectivity index is 4.36. The lowest BCUT2D eigenvalue weighted by Crippen LogP contribution is -2.22. The molecule has 0 saturated carbocycles. The molecule has 0 bridgehead atoms. The molecule has 90 valence electrons. The second-order valence-corrected chi connectivity index (χ2v) is 10.6. The van der Waals surface area contributed by atoms with Crippen LogP contribution < -0.4 is 5.73 Å². The van der Waals surface area contributed by atoms with Gasteiger partial charge in [-0.25, -0.2) is 0 Å². The van der Waals surface area contributed by atoms with Gasteiger partial charge < -0.3 is 10.3 Å². The fourth-order valence-corrected chi connectivity index (χ4v) is 8.41. The maximum Gasteiger partial charge on any atom is 0.313 e. The Hall–Kier alpha value is 0.360. The fraction of sp³-hybridized carbons (Fsp3) is 0.875. The average molecular weight is 271 g/mol. The molecule has 0 aromatic rings. The van der Waals surface area contributed by atoms with Crippen molar-refractivity contribution in [3.63, 3.8) is 0 Å². The van der Waals surface area contributed by atoms with Gasteiger partial charge in [0, 0.05) is 5.75 Å². The molecule has 0 fully saturated rings. The number of rotatable bonds is 8. The molecule has 0 aliphatic carbocycles. The van der Waals surface area contributed by atoms with E-state index in [1.165, 1.54) is 11.4 Å². The van der Waals surface area contributed by atoms with Gasteiger partial charge in [-0.2, -0.15) is 0 Å². The predicted molar refractivity (Wildman–Crippen MR) is 68.2 cm³/mol. The zero-order valence-corrected chi connectivity index (χ0v) is 11.8. The highest BCUT2D eigenvalue weighted by Gasteiger charge is 2.29. The van der Waals surface area contributed by atoms with Gasteiger partial charge in [0.05, 0.1) is 11.9 Å². The molecule has 0 radical (unpaired) electrons. The summed E-state index contributed by atoms with van der Waals surface area (Å²) in [5, 5.41) is -0.480. The van der Waals surface area contributed by atoms with Gasteiger partial charge in [-0.15, -0.1) is 0 Å². The van der Waals surface area contributed by atoms with E-state index in [0.29, 0.717) is 6.61 Å². The minimum Gasteiger partial charge on any atom is -0.369 e. The molecule has 2 atom stereocenters. The third-order valence-electron chi connectivity index (χ3n) is 1.43. The summed E-state index contributed by atoms with van der Waals surface area (Å²) in [7, 11) is 0. The van der Waals surface area contributed by atoms with Crippen LogP contribution in [0.1, 0.15) is 27.2 Å². The van der Waals surface area contributed by atoms with Crippen molar-refractivity contribution in [2.75, 3.05) is 12.4 Å². The standard InChI is InChI=1S/C8H18NO3PS2/c1-4-6-14-13(11,12-5-2)15-7(3)8(9)10/h7H,4-6H2,1-3H3,(H2,9,10). The zero-order chi connectivity index (χ0) is 11.9. The molecule has 0 saturated heterocycles. The first kappa shape index (κ1) is 15.4. The Kier molecular flexibility index (Phi) is 7.79. The van der Waals surface area contributed by atoms with Crippen LogP contribution in [-0.4, -0.2) is 23.5 Å². The van der Waals surface area contributed by atoms with Crippen LogP contribution >= 0.6 is 28.5 Å². The van der Waals surface area contributed by atoms with Crippen molar-refractivity contribution in [1.29, 1.82) is 0 Å². The van der Waals surface area contributed by atoms with E-state index in [4.69, 9.17) is 10.3 Å². The number of hydrogen-bond acceptors (Lipinski definition) is 5. The van der Waals surface area contributed by atoms with Crippen molar-refractivity contribution in [2.45, 2.75) is 32.4 Å². The molecule has 0 aromatic heterocycles. The van der Waals surface area contributed by atoms with Crippen LogP contribution in [0.25, 0.3) is 0 Å². The van der Waals surface area contributed by atoms with Crippen LogP contribution in [0.5, 0.6) is 0 Å². The van der Waals surface area contributed by atoms with Gasteiger partial charge in [-0.05, 0) is 31.7 Å². The van der Waals surface area contributed by atoms with Gasteiger partial charge in [0.1, 0.15) is 0 Å². The molecular formula is C8H18NO3PS2. The van der Waals surface area contributed by atoms with Crippen LogP contribution in [-0.2, 0) is 13.9 Å². The second kappa shape index (κ2) is 7.60. The Morgan fingerprint density at radius 3 is 2.53 bits per heavy atom. The summed E-state index contributed by atoms with van der Waals surface area (Å²) in [4.78, 5) is 10.9. The first-order valence-electron chi connectivity index (χ1n) is 4.82. The van der Waals surface area contributed by atoms with E-state index in [1.807, 2.05) is 6.92 Å². The maximum absolute atomic E-state index is 12.2. The maximum atomic E-state index is 12.2. The van der Waals surface area contributed by atoms with Crippen LogP contribution in [0.2, 0.25) is 0 Å². The fourth-order valence-electron chi connectivity index (χ4n) is 0.705. The third-order valence-corrected chi connectivity index (χ3v) is 9.29. The number of nitrogens with two attached hydrogens (primary N) is 1.